The summed E-state index contributed by atoms with van der Waals surface area (Å²) in [4.78, 5) is 14.8. The van der Waals surface area contributed by atoms with Crippen molar-refractivity contribution in [3.05, 3.63) is 58.4 Å². The third kappa shape index (κ3) is 3.23. The third-order valence-electron chi connectivity index (χ3n) is 6.48. The van der Waals surface area contributed by atoms with Crippen LogP contribution in [0.4, 0.5) is 5.69 Å². The topological polar surface area (TPSA) is 31.7 Å². The van der Waals surface area contributed by atoms with Gasteiger partial charge in [-0.15, -0.1) is 0 Å². The van der Waals surface area contributed by atoms with E-state index < -0.39 is 0 Å². The Morgan fingerprint density at radius 1 is 1.17 bits per heavy atom. The summed E-state index contributed by atoms with van der Waals surface area (Å²) in [7, 11) is 0. The van der Waals surface area contributed by atoms with E-state index >= 15 is 0 Å². The molecule has 0 bridgehead atoms. The van der Waals surface area contributed by atoms with Gasteiger partial charge in [0.05, 0.1) is 16.8 Å². The van der Waals surface area contributed by atoms with E-state index in [1.165, 1.54) is 29.7 Å². The molecule has 5 rings (SSSR count). The number of hydrogen-bond acceptors (Lipinski definition) is 5. The molecule has 29 heavy (non-hydrogen) atoms. The number of benzene rings is 1. The predicted molar refractivity (Wildman–Crippen MR) is 123 cm³/mol. The number of pyridine rings is 1. The van der Waals surface area contributed by atoms with Gasteiger partial charge in [0.15, 0.2) is 5.17 Å². The quantitative estimate of drug-likeness (QED) is 0.634. The van der Waals surface area contributed by atoms with Gasteiger partial charge in [0.2, 0.25) is 0 Å². The lowest BCUT2D eigenvalue weighted by molar-refractivity contribution is 0.255. The molecule has 4 nitrogen and oxygen atoms in total. The maximum absolute atomic E-state index is 7.06. The summed E-state index contributed by atoms with van der Waals surface area (Å²) in [5.74, 6) is 1.10. The molecule has 152 valence electrons. The summed E-state index contributed by atoms with van der Waals surface area (Å²) >= 11 is 8.93. The van der Waals surface area contributed by atoms with E-state index in [1.807, 2.05) is 24.0 Å². The minimum atomic E-state index is -0.0115. The van der Waals surface area contributed by atoms with Gasteiger partial charge in [-0.3, -0.25) is 9.98 Å². The molecule has 3 atom stereocenters. The molecular formula is C23H27ClN4S. The number of anilines is 1. The molecule has 0 unspecified atom stereocenters. The van der Waals surface area contributed by atoms with E-state index in [0.29, 0.717) is 6.04 Å². The lowest BCUT2D eigenvalue weighted by Gasteiger charge is -2.33. The molecule has 4 heterocycles. The number of hydrogen-bond donors (Lipinski definition) is 0. The molecule has 0 amide bonds. The largest absolute Gasteiger partial charge is 0.371 e. The van der Waals surface area contributed by atoms with Crippen molar-refractivity contribution in [3.63, 3.8) is 0 Å². The molecule has 0 saturated carbocycles. The fraction of sp³-hybridized carbons (Fsp3) is 0.478. The number of rotatable bonds is 4. The second-order valence-electron chi connectivity index (χ2n) is 8.14. The van der Waals surface area contributed by atoms with Gasteiger partial charge in [-0.1, -0.05) is 42.4 Å². The zero-order chi connectivity index (χ0) is 20.0. The summed E-state index contributed by atoms with van der Waals surface area (Å²) in [6.45, 7) is 6.69. The molecular weight excluding hydrogens is 400 g/mol. The van der Waals surface area contributed by atoms with E-state index in [0.717, 1.165) is 41.1 Å². The Kier molecular flexibility index (Phi) is 5.21. The molecule has 0 spiro atoms. The van der Waals surface area contributed by atoms with Crippen LogP contribution in [0.3, 0.4) is 0 Å². The van der Waals surface area contributed by atoms with Crippen molar-refractivity contribution in [2.24, 2.45) is 4.99 Å². The first kappa shape index (κ1) is 19.3. The Morgan fingerprint density at radius 2 is 2.00 bits per heavy atom. The Bertz CT molecular complexity index is 926. The van der Waals surface area contributed by atoms with E-state index in [2.05, 4.69) is 52.9 Å². The number of fused-ring (bicyclic) bond motifs is 1. The molecule has 6 heteroatoms. The van der Waals surface area contributed by atoms with E-state index in [-0.39, 0.29) is 12.1 Å². The zero-order valence-electron chi connectivity index (χ0n) is 17.0. The average Bonchev–Trinajstić information content (AvgIpc) is 3.47. The van der Waals surface area contributed by atoms with Crippen molar-refractivity contribution in [1.82, 2.24) is 9.88 Å². The van der Waals surface area contributed by atoms with Gasteiger partial charge < -0.3 is 9.80 Å². The van der Waals surface area contributed by atoms with Crippen LogP contribution in [0.25, 0.3) is 0 Å². The molecule has 3 aliphatic rings. The maximum Gasteiger partial charge on any atom is 0.160 e. The van der Waals surface area contributed by atoms with Crippen LogP contribution in [0.15, 0.2) is 41.5 Å². The number of amidine groups is 1. The number of halogens is 1. The number of aromatic nitrogens is 1. The zero-order valence-corrected chi connectivity index (χ0v) is 18.6. The summed E-state index contributed by atoms with van der Waals surface area (Å²) < 4.78 is 0. The highest BCUT2D eigenvalue weighted by molar-refractivity contribution is 8.14. The summed E-state index contributed by atoms with van der Waals surface area (Å²) in [6.07, 6.45) is 5.51. The van der Waals surface area contributed by atoms with Crippen molar-refractivity contribution in [2.75, 3.05) is 23.7 Å². The number of nitrogens with zero attached hydrogens (tertiary/aromatic N) is 4. The number of aliphatic imine (C=N–C) groups is 1. The van der Waals surface area contributed by atoms with Crippen molar-refractivity contribution < 1.29 is 0 Å². The van der Waals surface area contributed by atoms with E-state index in [9.17, 15) is 0 Å². The minimum Gasteiger partial charge on any atom is -0.371 e. The normalized spacial score (nSPS) is 26.2. The van der Waals surface area contributed by atoms with Crippen LogP contribution >= 0.6 is 23.4 Å². The van der Waals surface area contributed by atoms with Gasteiger partial charge >= 0.3 is 0 Å². The summed E-state index contributed by atoms with van der Waals surface area (Å²) in [5, 5.41) is 2.04. The van der Waals surface area contributed by atoms with Crippen LogP contribution in [0, 0.1) is 6.92 Å². The molecule has 1 aromatic heterocycles. The smallest absolute Gasteiger partial charge is 0.160 e. The van der Waals surface area contributed by atoms with Gasteiger partial charge in [-0.05, 0) is 55.5 Å². The van der Waals surface area contributed by atoms with Gasteiger partial charge in [0.25, 0.3) is 0 Å². The van der Waals surface area contributed by atoms with Gasteiger partial charge in [-0.25, -0.2) is 0 Å². The Labute approximate surface area is 182 Å². The fourth-order valence-electron chi connectivity index (χ4n) is 4.91. The van der Waals surface area contributed by atoms with E-state index in [1.54, 1.807) is 0 Å². The highest BCUT2D eigenvalue weighted by atomic mass is 35.5. The molecule has 2 fully saturated rings. The first-order chi connectivity index (χ1) is 14.2. The Balaban J connectivity index is 1.59. The highest BCUT2D eigenvalue weighted by Crippen LogP contribution is 2.51. The molecule has 0 radical (unpaired) electrons. The third-order valence-corrected chi connectivity index (χ3v) is 8.11. The minimum absolute atomic E-state index is 0.0115. The molecule has 2 aromatic rings. The van der Waals surface area contributed by atoms with E-state index in [4.69, 9.17) is 16.6 Å². The van der Waals surface area contributed by atoms with Crippen LogP contribution in [0.1, 0.15) is 55.1 Å². The first-order valence-electron chi connectivity index (χ1n) is 10.6. The molecule has 2 saturated heterocycles. The lowest BCUT2D eigenvalue weighted by Crippen LogP contribution is -2.35. The van der Waals surface area contributed by atoms with Gasteiger partial charge in [-0.2, -0.15) is 0 Å². The molecule has 0 aliphatic carbocycles. The Morgan fingerprint density at radius 3 is 2.72 bits per heavy atom. The van der Waals surface area contributed by atoms with Crippen molar-refractivity contribution >= 4 is 34.2 Å². The van der Waals surface area contributed by atoms with Gasteiger partial charge in [0.1, 0.15) is 6.04 Å². The maximum atomic E-state index is 7.06. The van der Waals surface area contributed by atoms with Gasteiger partial charge in [0, 0.05) is 36.8 Å². The lowest BCUT2D eigenvalue weighted by atomic mass is 9.93. The van der Waals surface area contributed by atoms with Crippen LogP contribution in [0.5, 0.6) is 0 Å². The summed E-state index contributed by atoms with van der Waals surface area (Å²) in [6, 6.07) is 11.2. The molecule has 0 N–H and O–H groups in total. The van der Waals surface area contributed by atoms with Crippen molar-refractivity contribution in [2.45, 2.75) is 51.2 Å². The average molecular weight is 427 g/mol. The van der Waals surface area contributed by atoms with Crippen LogP contribution in [0.2, 0.25) is 5.02 Å². The second kappa shape index (κ2) is 7.84. The van der Waals surface area contributed by atoms with Crippen LogP contribution in [-0.2, 0) is 0 Å². The van der Waals surface area contributed by atoms with Crippen LogP contribution < -0.4 is 4.90 Å². The SMILES string of the molecule is CC[C@H]1CSC2=N[C@H](c3ccccn3)[C@@H](c3ccc(N4CCCC4)c(C)c3Cl)N21. The Hall–Kier alpha value is -1.72. The summed E-state index contributed by atoms with van der Waals surface area (Å²) in [5.41, 5.74) is 4.68. The predicted octanol–water partition coefficient (Wildman–Crippen LogP) is 5.62. The van der Waals surface area contributed by atoms with Crippen molar-refractivity contribution in [3.8, 4) is 0 Å². The van der Waals surface area contributed by atoms with Crippen LogP contribution in [-0.4, -0.2) is 39.9 Å². The monoisotopic (exact) mass is 426 g/mol. The fourth-order valence-corrected chi connectivity index (χ4v) is 6.52. The standard InChI is InChI=1S/C23H27ClN4S/c1-3-16-14-29-23-26-21(18-8-4-5-11-25-18)22(28(16)23)17-9-10-19(15(2)20(17)24)27-12-6-7-13-27/h4-5,8-11,16,21-22H,3,6-7,12-14H2,1-2H3/t16-,21+,22+/m0/s1. The number of thioether (sulfide) groups is 1. The molecule has 1 aromatic carbocycles. The highest BCUT2D eigenvalue weighted by Gasteiger charge is 2.46. The first-order valence-corrected chi connectivity index (χ1v) is 12.0. The molecule has 3 aliphatic heterocycles. The van der Waals surface area contributed by atoms with Crippen molar-refractivity contribution in [1.29, 1.82) is 0 Å². The second-order valence-corrected chi connectivity index (χ2v) is 9.51.